The van der Waals surface area contributed by atoms with Crippen LogP contribution in [-0.4, -0.2) is 39.1 Å². The van der Waals surface area contributed by atoms with Gasteiger partial charge in [0.15, 0.2) is 15.8 Å². The second kappa shape index (κ2) is 7.29. The van der Waals surface area contributed by atoms with Crippen LogP contribution in [0.2, 0.25) is 0 Å². The molecule has 1 aromatic heterocycles. The molecule has 0 bridgehead atoms. The number of halogens is 1. The number of nitrogens with two attached hydrogens (primary N) is 1. The summed E-state index contributed by atoms with van der Waals surface area (Å²) in [5.41, 5.74) is 5.65. The van der Waals surface area contributed by atoms with Gasteiger partial charge >= 0.3 is 0 Å². The lowest BCUT2D eigenvalue weighted by Crippen LogP contribution is -2.30. The maximum atomic E-state index is 11.6. The van der Waals surface area contributed by atoms with Gasteiger partial charge in [0, 0.05) is 19.0 Å². The molecule has 1 heterocycles. The Labute approximate surface area is 129 Å². The first kappa shape index (κ1) is 17.6. The molecule has 0 aliphatic heterocycles. The highest BCUT2D eigenvalue weighted by atomic mass is 127. The fourth-order valence-corrected chi connectivity index (χ4v) is 3.46. The normalized spacial score (nSPS) is 12.1. The standard InChI is InChI=1S/C10H17N3O2S2.HI/c1-4-17(14,15)9-6-5-8(16-9)7-12-10(11)13(2)3;/h5-6H,4,7H2,1-3H3,(H2,11,12);1H. The molecule has 1 aromatic rings. The minimum Gasteiger partial charge on any atom is -0.370 e. The number of hydrogen-bond acceptors (Lipinski definition) is 4. The van der Waals surface area contributed by atoms with Crippen LogP contribution < -0.4 is 5.73 Å². The molecule has 104 valence electrons. The van der Waals surface area contributed by atoms with Crippen molar-refractivity contribution in [1.29, 1.82) is 0 Å². The molecule has 0 amide bonds. The van der Waals surface area contributed by atoms with Crippen LogP contribution in [-0.2, 0) is 16.4 Å². The molecule has 2 N–H and O–H groups in total. The summed E-state index contributed by atoms with van der Waals surface area (Å²) in [5, 5.41) is 0. The number of thiophene rings is 1. The highest BCUT2D eigenvalue weighted by Crippen LogP contribution is 2.23. The number of rotatable bonds is 4. The summed E-state index contributed by atoms with van der Waals surface area (Å²) in [6.07, 6.45) is 0. The molecular formula is C10H18IN3O2S2. The Hall–Kier alpha value is -0.350. The largest absolute Gasteiger partial charge is 0.370 e. The molecule has 0 fully saturated rings. The van der Waals surface area contributed by atoms with Crippen molar-refractivity contribution < 1.29 is 8.42 Å². The monoisotopic (exact) mass is 403 g/mol. The zero-order valence-corrected chi connectivity index (χ0v) is 14.5. The Balaban J connectivity index is 0.00000289. The van der Waals surface area contributed by atoms with Crippen LogP contribution in [0.5, 0.6) is 0 Å². The zero-order valence-electron chi connectivity index (χ0n) is 10.6. The molecule has 0 aliphatic rings. The summed E-state index contributed by atoms with van der Waals surface area (Å²) in [7, 11) is 0.508. The van der Waals surface area contributed by atoms with E-state index in [1.165, 1.54) is 11.3 Å². The van der Waals surface area contributed by atoms with Crippen LogP contribution in [0, 0.1) is 0 Å². The molecule has 0 spiro atoms. The molecule has 18 heavy (non-hydrogen) atoms. The van der Waals surface area contributed by atoms with E-state index in [0.717, 1.165) is 4.88 Å². The van der Waals surface area contributed by atoms with E-state index in [1.54, 1.807) is 38.1 Å². The fourth-order valence-electron chi connectivity index (χ4n) is 1.05. The predicted molar refractivity (Wildman–Crippen MR) is 86.5 cm³/mol. The zero-order chi connectivity index (χ0) is 13.1. The van der Waals surface area contributed by atoms with Crippen LogP contribution in [0.1, 0.15) is 11.8 Å². The maximum absolute atomic E-state index is 11.6. The summed E-state index contributed by atoms with van der Waals surface area (Å²) in [5.74, 6) is 0.550. The van der Waals surface area contributed by atoms with Crippen molar-refractivity contribution in [3.05, 3.63) is 17.0 Å². The van der Waals surface area contributed by atoms with Crippen LogP contribution in [0.3, 0.4) is 0 Å². The number of aliphatic imine (C=N–C) groups is 1. The van der Waals surface area contributed by atoms with E-state index >= 15 is 0 Å². The molecule has 8 heteroatoms. The van der Waals surface area contributed by atoms with E-state index in [4.69, 9.17) is 5.73 Å². The average molecular weight is 403 g/mol. The van der Waals surface area contributed by atoms with Crippen molar-refractivity contribution in [2.75, 3.05) is 19.8 Å². The summed E-state index contributed by atoms with van der Waals surface area (Å²) >= 11 is 1.25. The van der Waals surface area contributed by atoms with Crippen LogP contribution in [0.15, 0.2) is 21.3 Å². The highest BCUT2D eigenvalue weighted by molar-refractivity contribution is 14.0. The second-order valence-electron chi connectivity index (χ2n) is 3.69. The first-order valence-electron chi connectivity index (χ1n) is 5.15. The van der Waals surface area contributed by atoms with Crippen molar-refractivity contribution in [3.63, 3.8) is 0 Å². The van der Waals surface area contributed by atoms with Crippen LogP contribution in [0.4, 0.5) is 0 Å². The minimum absolute atomic E-state index is 0. The first-order valence-corrected chi connectivity index (χ1v) is 7.62. The Bertz CT molecular complexity index is 509. The van der Waals surface area contributed by atoms with E-state index in [2.05, 4.69) is 4.99 Å². The van der Waals surface area contributed by atoms with E-state index in [0.29, 0.717) is 16.7 Å². The lowest BCUT2D eigenvalue weighted by molar-refractivity contribution is 0.599. The Morgan fingerprint density at radius 1 is 1.44 bits per heavy atom. The topological polar surface area (TPSA) is 75.8 Å². The Kier molecular flexibility index (Phi) is 7.15. The predicted octanol–water partition coefficient (Wildman–Crippen LogP) is 1.54. The molecule has 0 aromatic carbocycles. The molecule has 0 atom stereocenters. The minimum atomic E-state index is -3.10. The molecule has 0 radical (unpaired) electrons. The molecule has 0 saturated heterocycles. The van der Waals surface area contributed by atoms with Gasteiger partial charge in [0.2, 0.25) is 0 Å². The van der Waals surface area contributed by atoms with Crippen molar-refractivity contribution in [2.45, 2.75) is 17.7 Å². The van der Waals surface area contributed by atoms with E-state index in [9.17, 15) is 8.42 Å². The van der Waals surface area contributed by atoms with Gasteiger partial charge in [0.1, 0.15) is 4.21 Å². The smallest absolute Gasteiger partial charge is 0.191 e. The van der Waals surface area contributed by atoms with Crippen molar-refractivity contribution in [2.24, 2.45) is 10.7 Å². The number of hydrogen-bond donors (Lipinski definition) is 1. The molecule has 0 unspecified atom stereocenters. The van der Waals surface area contributed by atoms with Crippen LogP contribution in [0.25, 0.3) is 0 Å². The SMILES string of the molecule is CCS(=O)(=O)c1ccc(CN=C(N)N(C)C)s1.I. The third-order valence-electron chi connectivity index (χ3n) is 2.18. The fraction of sp³-hybridized carbons (Fsp3) is 0.500. The second-order valence-corrected chi connectivity index (χ2v) is 7.37. The maximum Gasteiger partial charge on any atom is 0.191 e. The number of sulfone groups is 1. The summed E-state index contributed by atoms with van der Waals surface area (Å²) < 4.78 is 23.6. The van der Waals surface area contributed by atoms with Gasteiger partial charge in [0.25, 0.3) is 0 Å². The highest BCUT2D eigenvalue weighted by Gasteiger charge is 2.14. The average Bonchev–Trinajstić information content (AvgIpc) is 2.75. The Morgan fingerprint density at radius 3 is 2.56 bits per heavy atom. The van der Waals surface area contributed by atoms with Gasteiger partial charge in [-0.15, -0.1) is 35.3 Å². The van der Waals surface area contributed by atoms with Gasteiger partial charge in [-0.1, -0.05) is 6.92 Å². The summed E-state index contributed by atoms with van der Waals surface area (Å²) in [6.45, 7) is 2.05. The van der Waals surface area contributed by atoms with Gasteiger partial charge in [0.05, 0.1) is 12.3 Å². The number of nitrogens with zero attached hydrogens (tertiary/aromatic N) is 2. The van der Waals surface area contributed by atoms with Gasteiger partial charge in [-0.05, 0) is 12.1 Å². The summed E-state index contributed by atoms with van der Waals surface area (Å²) in [4.78, 5) is 6.75. The van der Waals surface area contributed by atoms with E-state index in [-0.39, 0.29) is 29.7 Å². The van der Waals surface area contributed by atoms with Gasteiger partial charge in [-0.2, -0.15) is 0 Å². The molecule has 5 nitrogen and oxygen atoms in total. The van der Waals surface area contributed by atoms with Gasteiger partial charge in [-0.25, -0.2) is 13.4 Å². The molecule has 0 aliphatic carbocycles. The van der Waals surface area contributed by atoms with E-state index in [1.807, 2.05) is 0 Å². The quantitative estimate of drug-likeness (QED) is 0.470. The van der Waals surface area contributed by atoms with Gasteiger partial charge in [-0.3, -0.25) is 0 Å². The van der Waals surface area contributed by atoms with Crippen molar-refractivity contribution in [1.82, 2.24) is 4.90 Å². The lowest BCUT2D eigenvalue weighted by Gasteiger charge is -2.09. The summed E-state index contributed by atoms with van der Waals surface area (Å²) in [6, 6.07) is 3.40. The third-order valence-corrected chi connectivity index (χ3v) is 5.56. The van der Waals surface area contributed by atoms with Crippen molar-refractivity contribution in [3.8, 4) is 0 Å². The number of guanidine groups is 1. The molecular weight excluding hydrogens is 385 g/mol. The van der Waals surface area contributed by atoms with Crippen LogP contribution >= 0.6 is 35.3 Å². The van der Waals surface area contributed by atoms with E-state index < -0.39 is 9.84 Å². The molecule has 1 rings (SSSR count). The van der Waals surface area contributed by atoms with Gasteiger partial charge < -0.3 is 10.6 Å². The lowest BCUT2D eigenvalue weighted by atomic mass is 10.5. The van der Waals surface area contributed by atoms with Crippen molar-refractivity contribution >= 4 is 51.1 Å². The Morgan fingerprint density at radius 2 is 2.06 bits per heavy atom. The molecule has 0 saturated carbocycles. The first-order chi connectivity index (χ1) is 7.86. The third kappa shape index (κ3) is 4.73.